The quantitative estimate of drug-likeness (QED) is 0.828. The van der Waals surface area contributed by atoms with Crippen molar-refractivity contribution in [2.45, 2.75) is 37.9 Å². The highest BCUT2D eigenvalue weighted by atomic mass is 79.9. The van der Waals surface area contributed by atoms with Crippen LogP contribution in [0.25, 0.3) is 0 Å². The molecule has 1 aliphatic rings. The number of alkyl halides is 3. The van der Waals surface area contributed by atoms with Crippen LogP contribution in [0.2, 0.25) is 0 Å². The van der Waals surface area contributed by atoms with Gasteiger partial charge in [0.25, 0.3) is 0 Å². The minimum absolute atomic E-state index is 0.138. The Morgan fingerprint density at radius 1 is 1.30 bits per heavy atom. The third-order valence-electron chi connectivity index (χ3n) is 3.66. The van der Waals surface area contributed by atoms with E-state index in [4.69, 9.17) is 4.74 Å². The lowest BCUT2D eigenvalue weighted by atomic mass is 9.85. The van der Waals surface area contributed by atoms with Gasteiger partial charge >= 0.3 is 6.18 Å². The molecule has 0 aromatic heterocycles. The Labute approximate surface area is 124 Å². The Bertz CT molecular complexity index is 464. The van der Waals surface area contributed by atoms with Gasteiger partial charge in [0.15, 0.2) is 0 Å². The molecule has 6 heteroatoms. The highest BCUT2D eigenvalue weighted by Gasteiger charge is 2.42. The van der Waals surface area contributed by atoms with Crippen LogP contribution >= 0.6 is 15.9 Å². The Kier molecular flexibility index (Phi) is 4.83. The molecule has 0 spiro atoms. The van der Waals surface area contributed by atoms with Crippen LogP contribution in [0.3, 0.4) is 0 Å². The van der Waals surface area contributed by atoms with Gasteiger partial charge in [-0.3, -0.25) is 0 Å². The number of nitrogens with one attached hydrogen (secondary N) is 1. The molecule has 20 heavy (non-hydrogen) atoms. The molecular formula is C14H17BrF3NO. The lowest BCUT2D eigenvalue weighted by Gasteiger charge is -2.31. The van der Waals surface area contributed by atoms with Crippen molar-refractivity contribution in [3.05, 3.63) is 22.7 Å². The van der Waals surface area contributed by atoms with E-state index < -0.39 is 12.1 Å². The first-order valence-corrected chi connectivity index (χ1v) is 7.36. The van der Waals surface area contributed by atoms with Crippen LogP contribution < -0.4 is 10.1 Å². The standard InChI is InChI=1S/C14H17BrF3NO/c1-20-13-8-11(5-6-12(13)15)19-10-4-2-3-9(7-10)14(16,17)18/h5-6,8-10,19H,2-4,7H2,1H3. The molecule has 1 N–H and O–H groups in total. The number of ether oxygens (including phenoxy) is 1. The molecule has 2 unspecified atom stereocenters. The second kappa shape index (κ2) is 6.24. The zero-order chi connectivity index (χ0) is 14.8. The Morgan fingerprint density at radius 3 is 2.70 bits per heavy atom. The summed E-state index contributed by atoms with van der Waals surface area (Å²) in [5.41, 5.74) is 0.790. The summed E-state index contributed by atoms with van der Waals surface area (Å²) in [5, 5.41) is 3.18. The van der Waals surface area contributed by atoms with E-state index in [1.54, 1.807) is 13.2 Å². The van der Waals surface area contributed by atoms with Crippen LogP contribution in [0.15, 0.2) is 22.7 Å². The number of anilines is 1. The third-order valence-corrected chi connectivity index (χ3v) is 4.31. The average molecular weight is 352 g/mol. The second-order valence-electron chi connectivity index (χ2n) is 5.10. The molecule has 112 valence electrons. The van der Waals surface area contributed by atoms with Crippen molar-refractivity contribution >= 4 is 21.6 Å². The number of hydrogen-bond donors (Lipinski definition) is 1. The maximum absolute atomic E-state index is 12.8. The predicted molar refractivity (Wildman–Crippen MR) is 76.1 cm³/mol. The smallest absolute Gasteiger partial charge is 0.391 e. The van der Waals surface area contributed by atoms with Crippen LogP contribution in [-0.4, -0.2) is 19.3 Å². The normalized spacial score (nSPS) is 23.4. The molecule has 2 atom stereocenters. The molecule has 0 saturated heterocycles. The Hall–Kier alpha value is -0.910. The number of halogens is 4. The molecule has 0 radical (unpaired) electrons. The Morgan fingerprint density at radius 2 is 2.05 bits per heavy atom. The van der Waals surface area contributed by atoms with E-state index in [0.29, 0.717) is 12.2 Å². The average Bonchev–Trinajstić information content (AvgIpc) is 2.40. The molecule has 1 fully saturated rings. The van der Waals surface area contributed by atoms with Crippen LogP contribution in [0.1, 0.15) is 25.7 Å². The van der Waals surface area contributed by atoms with Crippen molar-refractivity contribution in [1.82, 2.24) is 0 Å². The number of benzene rings is 1. The highest BCUT2D eigenvalue weighted by Crippen LogP contribution is 2.38. The molecule has 1 aromatic carbocycles. The topological polar surface area (TPSA) is 21.3 Å². The summed E-state index contributed by atoms with van der Waals surface area (Å²) in [6.07, 6.45) is -2.33. The number of rotatable bonds is 3. The molecule has 1 aliphatic carbocycles. The largest absolute Gasteiger partial charge is 0.495 e. The molecule has 2 rings (SSSR count). The van der Waals surface area contributed by atoms with Gasteiger partial charge in [-0.2, -0.15) is 13.2 Å². The second-order valence-corrected chi connectivity index (χ2v) is 5.95. The van der Waals surface area contributed by atoms with E-state index in [1.807, 2.05) is 12.1 Å². The van der Waals surface area contributed by atoms with Gasteiger partial charge in [-0.15, -0.1) is 0 Å². The van der Waals surface area contributed by atoms with E-state index >= 15 is 0 Å². The summed E-state index contributed by atoms with van der Waals surface area (Å²) in [5.74, 6) is -0.524. The number of methoxy groups -OCH3 is 1. The minimum atomic E-state index is -4.09. The molecule has 1 saturated carbocycles. The highest BCUT2D eigenvalue weighted by molar-refractivity contribution is 9.10. The van der Waals surface area contributed by atoms with Crippen LogP contribution in [0.5, 0.6) is 5.75 Å². The van der Waals surface area contributed by atoms with Gasteiger partial charge < -0.3 is 10.1 Å². The third kappa shape index (κ3) is 3.81. The summed E-state index contributed by atoms with van der Waals surface area (Å²) >= 11 is 3.35. The van der Waals surface area contributed by atoms with Gasteiger partial charge in [-0.05, 0) is 47.3 Å². The zero-order valence-corrected chi connectivity index (χ0v) is 12.7. The summed E-state index contributed by atoms with van der Waals surface area (Å²) in [7, 11) is 1.56. The molecule has 0 bridgehead atoms. The van der Waals surface area contributed by atoms with Gasteiger partial charge in [-0.1, -0.05) is 6.42 Å². The van der Waals surface area contributed by atoms with Gasteiger partial charge in [-0.25, -0.2) is 0 Å². The van der Waals surface area contributed by atoms with Gasteiger partial charge in [0.05, 0.1) is 17.5 Å². The molecule has 0 amide bonds. The van der Waals surface area contributed by atoms with Gasteiger partial charge in [0.1, 0.15) is 5.75 Å². The van der Waals surface area contributed by atoms with Crippen molar-refractivity contribution in [3.63, 3.8) is 0 Å². The maximum Gasteiger partial charge on any atom is 0.391 e. The number of hydrogen-bond acceptors (Lipinski definition) is 2. The van der Waals surface area contributed by atoms with Crippen molar-refractivity contribution < 1.29 is 17.9 Å². The van der Waals surface area contributed by atoms with Gasteiger partial charge in [0, 0.05) is 17.8 Å². The summed E-state index contributed by atoms with van der Waals surface area (Å²) in [6.45, 7) is 0. The van der Waals surface area contributed by atoms with E-state index in [9.17, 15) is 13.2 Å². The molecule has 2 nitrogen and oxygen atoms in total. The molecule has 0 heterocycles. The fourth-order valence-electron chi connectivity index (χ4n) is 2.60. The fourth-order valence-corrected chi connectivity index (χ4v) is 3.01. The SMILES string of the molecule is COc1cc(NC2CCCC(C(F)(F)F)C2)ccc1Br. The first-order chi connectivity index (χ1) is 9.40. The lowest BCUT2D eigenvalue weighted by molar-refractivity contribution is -0.182. The van der Waals surface area contributed by atoms with Crippen LogP contribution in [0.4, 0.5) is 18.9 Å². The Balaban J connectivity index is 2.02. The van der Waals surface area contributed by atoms with E-state index in [2.05, 4.69) is 21.2 Å². The van der Waals surface area contributed by atoms with Crippen molar-refractivity contribution in [2.24, 2.45) is 5.92 Å². The van der Waals surface area contributed by atoms with Gasteiger partial charge in [0.2, 0.25) is 0 Å². The minimum Gasteiger partial charge on any atom is -0.495 e. The summed E-state index contributed by atoms with van der Waals surface area (Å²) in [4.78, 5) is 0. The fraction of sp³-hybridized carbons (Fsp3) is 0.571. The first kappa shape index (κ1) is 15.5. The maximum atomic E-state index is 12.8. The molecular weight excluding hydrogens is 335 g/mol. The first-order valence-electron chi connectivity index (χ1n) is 6.57. The van der Waals surface area contributed by atoms with Crippen molar-refractivity contribution in [3.8, 4) is 5.75 Å². The van der Waals surface area contributed by atoms with E-state index in [0.717, 1.165) is 16.6 Å². The van der Waals surface area contributed by atoms with E-state index in [1.165, 1.54) is 0 Å². The molecule has 0 aliphatic heterocycles. The monoisotopic (exact) mass is 351 g/mol. The van der Waals surface area contributed by atoms with E-state index in [-0.39, 0.29) is 18.9 Å². The molecule has 1 aromatic rings. The zero-order valence-electron chi connectivity index (χ0n) is 11.1. The van der Waals surface area contributed by atoms with Crippen LogP contribution in [-0.2, 0) is 0 Å². The predicted octanol–water partition coefficient (Wildman–Crippen LogP) is 4.99. The van der Waals surface area contributed by atoms with Crippen LogP contribution in [0, 0.1) is 5.92 Å². The van der Waals surface area contributed by atoms with Crippen molar-refractivity contribution in [2.75, 3.05) is 12.4 Å². The van der Waals surface area contributed by atoms with Crippen molar-refractivity contribution in [1.29, 1.82) is 0 Å². The summed E-state index contributed by atoms with van der Waals surface area (Å²) < 4.78 is 44.3. The lowest BCUT2D eigenvalue weighted by Crippen LogP contribution is -2.34. The summed E-state index contributed by atoms with van der Waals surface area (Å²) in [6, 6.07) is 5.32.